The van der Waals surface area contributed by atoms with Gasteiger partial charge in [0.15, 0.2) is 0 Å². The Kier molecular flexibility index (Phi) is 6.53. The maximum Gasteiger partial charge on any atom is 0.268 e. The third kappa shape index (κ3) is 4.49. The van der Waals surface area contributed by atoms with Crippen LogP contribution in [0.1, 0.15) is 37.8 Å². The lowest BCUT2D eigenvalue weighted by Crippen LogP contribution is -2.17. The molecule has 1 aliphatic carbocycles. The molecule has 1 saturated carbocycles. The summed E-state index contributed by atoms with van der Waals surface area (Å²) in [6.45, 7) is 2.41. The quantitative estimate of drug-likeness (QED) is 0.343. The van der Waals surface area contributed by atoms with Crippen molar-refractivity contribution in [3.05, 3.63) is 71.5 Å². The van der Waals surface area contributed by atoms with Crippen molar-refractivity contribution in [2.24, 2.45) is 11.1 Å². The lowest BCUT2D eigenvalue weighted by atomic mass is 9.89. The fraction of sp³-hybridized carbons (Fsp3) is 0.308. The zero-order valence-electron chi connectivity index (χ0n) is 19.9. The molecule has 1 aliphatic rings. The SMILES string of the molecule is Cc1c(S(N)(=O)=O)cc(-c2cn(S(=O)(=O)c3cccc(Cl)c3)c3ccccc23)n1CC1CCCCC1. The van der Waals surface area contributed by atoms with Crippen molar-refractivity contribution < 1.29 is 16.8 Å². The van der Waals surface area contributed by atoms with Crippen molar-refractivity contribution in [2.45, 2.75) is 55.4 Å². The van der Waals surface area contributed by atoms with Gasteiger partial charge in [-0.3, -0.25) is 0 Å². The van der Waals surface area contributed by atoms with Crippen LogP contribution in [0.15, 0.2) is 70.6 Å². The monoisotopic (exact) mass is 545 g/mol. The van der Waals surface area contributed by atoms with Gasteiger partial charge in [-0.2, -0.15) is 0 Å². The zero-order valence-corrected chi connectivity index (χ0v) is 22.3. The van der Waals surface area contributed by atoms with Crippen LogP contribution >= 0.6 is 11.6 Å². The van der Waals surface area contributed by atoms with Crippen LogP contribution in [-0.2, 0) is 26.6 Å². The van der Waals surface area contributed by atoms with Crippen molar-refractivity contribution in [2.75, 3.05) is 0 Å². The van der Waals surface area contributed by atoms with Crippen molar-refractivity contribution in [1.29, 1.82) is 0 Å². The average Bonchev–Trinajstić information content (AvgIpc) is 3.38. The summed E-state index contributed by atoms with van der Waals surface area (Å²) in [7, 11) is -7.93. The molecule has 36 heavy (non-hydrogen) atoms. The molecule has 2 aromatic heterocycles. The lowest BCUT2D eigenvalue weighted by Gasteiger charge is -2.24. The Morgan fingerprint density at radius 2 is 1.69 bits per heavy atom. The minimum Gasteiger partial charge on any atom is -0.343 e. The van der Waals surface area contributed by atoms with Gasteiger partial charge in [-0.05, 0) is 56.0 Å². The third-order valence-corrected chi connectivity index (χ3v) is 10.0. The van der Waals surface area contributed by atoms with E-state index < -0.39 is 20.0 Å². The molecular weight excluding hydrogens is 518 g/mol. The molecule has 0 radical (unpaired) electrons. The second kappa shape index (κ2) is 9.37. The molecule has 1 fully saturated rings. The number of sulfonamides is 1. The first-order valence-corrected chi connectivity index (χ1v) is 15.3. The first-order valence-electron chi connectivity index (χ1n) is 11.9. The summed E-state index contributed by atoms with van der Waals surface area (Å²) in [5, 5.41) is 6.60. The minimum absolute atomic E-state index is 0.0582. The lowest BCUT2D eigenvalue weighted by molar-refractivity contribution is 0.318. The molecular formula is C26H28ClN3O4S2. The topological polar surface area (TPSA) is 104 Å². The van der Waals surface area contributed by atoms with Crippen LogP contribution in [0.3, 0.4) is 0 Å². The fourth-order valence-electron chi connectivity index (χ4n) is 5.29. The Morgan fingerprint density at radius 1 is 0.972 bits per heavy atom. The summed E-state index contributed by atoms with van der Waals surface area (Å²) in [5.74, 6) is 0.417. The van der Waals surface area contributed by atoms with E-state index in [2.05, 4.69) is 0 Å². The number of nitrogens with two attached hydrogens (primary N) is 1. The number of rotatable bonds is 6. The predicted octanol–water partition coefficient (Wildman–Crippen LogP) is 5.54. The molecule has 7 nitrogen and oxygen atoms in total. The summed E-state index contributed by atoms with van der Waals surface area (Å²) in [6.07, 6.45) is 7.24. The zero-order chi connectivity index (χ0) is 25.7. The van der Waals surface area contributed by atoms with Crippen LogP contribution in [0.2, 0.25) is 5.02 Å². The molecule has 4 aromatic rings. The van der Waals surface area contributed by atoms with Gasteiger partial charge in [-0.25, -0.2) is 25.9 Å². The Hall–Kier alpha value is -2.59. The Bertz CT molecular complexity index is 1660. The van der Waals surface area contributed by atoms with Crippen molar-refractivity contribution in [1.82, 2.24) is 8.54 Å². The van der Waals surface area contributed by atoms with Gasteiger partial charge in [0.1, 0.15) is 4.90 Å². The third-order valence-electron chi connectivity index (χ3n) is 7.10. The number of halogens is 1. The van der Waals surface area contributed by atoms with Gasteiger partial charge >= 0.3 is 0 Å². The standard InChI is InChI=1S/C26H28ClN3O4S2/c1-18-26(35(28,31)32)15-25(29(18)16-19-8-3-2-4-9-19)23-17-30(24-13-6-5-12-22(23)24)36(33,34)21-11-7-10-20(27)14-21/h5-7,10-15,17,19H,2-4,8-9,16H2,1H3,(H2,28,31,32). The molecule has 0 amide bonds. The maximum absolute atomic E-state index is 13.7. The molecule has 2 N–H and O–H groups in total. The number of fused-ring (bicyclic) bond motifs is 1. The van der Waals surface area contributed by atoms with Crippen molar-refractivity contribution in [3.8, 4) is 11.3 Å². The van der Waals surface area contributed by atoms with Crippen LogP contribution in [-0.4, -0.2) is 25.4 Å². The molecule has 0 aliphatic heterocycles. The summed E-state index contributed by atoms with van der Waals surface area (Å²) >= 11 is 6.09. The number of para-hydroxylation sites is 1. The number of nitrogens with zero attached hydrogens (tertiary/aromatic N) is 2. The van der Waals surface area contributed by atoms with Crippen LogP contribution in [0.25, 0.3) is 22.2 Å². The van der Waals surface area contributed by atoms with Crippen molar-refractivity contribution >= 4 is 42.6 Å². The van der Waals surface area contributed by atoms with Gasteiger partial charge in [0.05, 0.1) is 16.1 Å². The molecule has 0 bridgehead atoms. The number of aromatic nitrogens is 2. The molecule has 0 unspecified atom stereocenters. The summed E-state index contributed by atoms with van der Waals surface area (Å²) in [4.78, 5) is 0.129. The van der Waals surface area contributed by atoms with Gasteiger partial charge in [0.2, 0.25) is 10.0 Å². The normalized spacial score (nSPS) is 15.5. The molecule has 2 aromatic carbocycles. The van der Waals surface area contributed by atoms with E-state index in [9.17, 15) is 16.8 Å². The highest BCUT2D eigenvalue weighted by Crippen LogP contribution is 2.38. The summed E-state index contributed by atoms with van der Waals surface area (Å²) in [6, 6.07) is 14.9. The van der Waals surface area contributed by atoms with Crippen LogP contribution < -0.4 is 5.14 Å². The average molecular weight is 546 g/mol. The van der Waals surface area contributed by atoms with E-state index in [1.54, 1.807) is 43.5 Å². The molecule has 5 rings (SSSR count). The van der Waals surface area contributed by atoms with E-state index in [0.717, 1.165) is 25.7 Å². The van der Waals surface area contributed by atoms with Crippen molar-refractivity contribution in [3.63, 3.8) is 0 Å². The molecule has 10 heteroatoms. The van der Waals surface area contributed by atoms with Crippen LogP contribution in [0.4, 0.5) is 0 Å². The minimum atomic E-state index is -3.97. The molecule has 0 atom stereocenters. The smallest absolute Gasteiger partial charge is 0.268 e. The number of hydrogen-bond donors (Lipinski definition) is 1. The molecule has 0 saturated heterocycles. The second-order valence-corrected chi connectivity index (χ2v) is 13.2. The Labute approximate surface area is 216 Å². The number of primary sulfonamides is 1. The van der Waals surface area contributed by atoms with E-state index in [1.807, 2.05) is 16.7 Å². The Morgan fingerprint density at radius 3 is 2.39 bits per heavy atom. The highest BCUT2D eigenvalue weighted by molar-refractivity contribution is 7.90. The summed E-state index contributed by atoms with van der Waals surface area (Å²) in [5.41, 5.74) is 2.32. The number of hydrogen-bond acceptors (Lipinski definition) is 4. The molecule has 190 valence electrons. The summed E-state index contributed by atoms with van der Waals surface area (Å²) < 4.78 is 55.4. The van der Waals surface area contributed by atoms with E-state index in [0.29, 0.717) is 45.3 Å². The van der Waals surface area contributed by atoms with Gasteiger partial charge < -0.3 is 4.57 Å². The van der Waals surface area contributed by atoms with Gasteiger partial charge in [-0.1, -0.05) is 55.1 Å². The van der Waals surface area contributed by atoms with Crippen LogP contribution in [0, 0.1) is 12.8 Å². The van der Waals surface area contributed by atoms with E-state index in [4.69, 9.17) is 16.7 Å². The number of benzene rings is 2. The molecule has 0 spiro atoms. The maximum atomic E-state index is 13.7. The Balaban J connectivity index is 1.74. The second-order valence-electron chi connectivity index (χ2n) is 9.46. The van der Waals surface area contributed by atoms with Gasteiger partial charge in [0, 0.05) is 34.4 Å². The highest BCUT2D eigenvalue weighted by atomic mass is 35.5. The highest BCUT2D eigenvalue weighted by Gasteiger charge is 2.27. The van der Waals surface area contributed by atoms with E-state index >= 15 is 0 Å². The predicted molar refractivity (Wildman–Crippen MR) is 142 cm³/mol. The van der Waals surface area contributed by atoms with E-state index in [-0.39, 0.29) is 9.79 Å². The fourth-order valence-corrected chi connectivity index (χ4v) is 7.76. The first-order chi connectivity index (χ1) is 17.1. The molecule has 2 heterocycles. The first kappa shape index (κ1) is 25.1. The van der Waals surface area contributed by atoms with Gasteiger partial charge in [-0.15, -0.1) is 0 Å². The largest absolute Gasteiger partial charge is 0.343 e. The van der Waals surface area contributed by atoms with Crippen LogP contribution in [0.5, 0.6) is 0 Å². The van der Waals surface area contributed by atoms with E-state index in [1.165, 1.54) is 22.5 Å². The van der Waals surface area contributed by atoms with Gasteiger partial charge in [0.25, 0.3) is 10.0 Å².